The summed E-state index contributed by atoms with van der Waals surface area (Å²) >= 11 is 3.33. The number of hydrogen-bond donors (Lipinski definition) is 1. The van der Waals surface area contributed by atoms with E-state index in [1.54, 1.807) is 56.5 Å². The number of nitrogens with zero attached hydrogens (tertiary/aromatic N) is 2. The summed E-state index contributed by atoms with van der Waals surface area (Å²) in [4.78, 5) is 27.7. The largest absolute Gasteiger partial charge is 0.497 e. The lowest BCUT2D eigenvalue weighted by Crippen LogP contribution is -2.52. The molecule has 8 nitrogen and oxygen atoms in total. The molecule has 0 bridgehead atoms. The number of hydrogen-bond acceptors (Lipinski definition) is 5. The van der Waals surface area contributed by atoms with Gasteiger partial charge < -0.3 is 15.0 Å². The predicted octanol–water partition coefficient (Wildman–Crippen LogP) is 3.17. The molecule has 2 amide bonds. The molecule has 33 heavy (non-hydrogen) atoms. The molecular formula is C23H30BrN3O5S. The molecule has 0 heterocycles. The topological polar surface area (TPSA) is 96.0 Å². The van der Waals surface area contributed by atoms with E-state index >= 15 is 0 Å². The number of benzene rings is 2. The smallest absolute Gasteiger partial charge is 0.244 e. The Labute approximate surface area is 204 Å². The maximum atomic E-state index is 13.5. The highest BCUT2D eigenvalue weighted by Gasteiger charge is 2.31. The first kappa shape index (κ1) is 26.7. The van der Waals surface area contributed by atoms with Gasteiger partial charge in [0.05, 0.1) is 19.1 Å². The van der Waals surface area contributed by atoms with Gasteiger partial charge in [0, 0.05) is 17.6 Å². The molecule has 10 heteroatoms. The van der Waals surface area contributed by atoms with E-state index in [4.69, 9.17) is 4.74 Å². The zero-order valence-electron chi connectivity index (χ0n) is 19.2. The van der Waals surface area contributed by atoms with Gasteiger partial charge in [-0.3, -0.25) is 13.9 Å². The van der Waals surface area contributed by atoms with Crippen LogP contribution in [-0.2, 0) is 26.2 Å². The van der Waals surface area contributed by atoms with Crippen molar-refractivity contribution in [1.29, 1.82) is 0 Å². The second kappa shape index (κ2) is 12.0. The molecule has 2 rings (SSSR count). The molecule has 1 N–H and O–H groups in total. The van der Waals surface area contributed by atoms with Crippen molar-refractivity contribution in [1.82, 2.24) is 10.2 Å². The second-order valence-electron chi connectivity index (χ2n) is 7.44. The van der Waals surface area contributed by atoms with E-state index in [0.29, 0.717) is 24.4 Å². The summed E-state index contributed by atoms with van der Waals surface area (Å²) in [6, 6.07) is 13.1. The molecule has 180 valence electrons. The van der Waals surface area contributed by atoms with E-state index in [9.17, 15) is 18.0 Å². The summed E-state index contributed by atoms with van der Waals surface area (Å²) < 4.78 is 32.2. The zero-order valence-corrected chi connectivity index (χ0v) is 21.6. The number of ether oxygens (including phenoxy) is 1. The normalized spacial score (nSPS) is 12.0. The van der Waals surface area contributed by atoms with Crippen LogP contribution in [0.4, 0.5) is 5.69 Å². The highest BCUT2D eigenvalue weighted by atomic mass is 79.9. The molecule has 0 aromatic heterocycles. The summed E-state index contributed by atoms with van der Waals surface area (Å²) in [5.74, 6) is -0.145. The summed E-state index contributed by atoms with van der Waals surface area (Å²) in [6.07, 6.45) is 1.43. The average Bonchev–Trinajstić information content (AvgIpc) is 2.77. The van der Waals surface area contributed by atoms with Crippen molar-refractivity contribution in [2.75, 3.05) is 30.8 Å². The monoisotopic (exact) mass is 539 g/mol. The van der Waals surface area contributed by atoms with Gasteiger partial charge in [-0.15, -0.1) is 0 Å². The van der Waals surface area contributed by atoms with Gasteiger partial charge in [0.1, 0.15) is 18.3 Å². The van der Waals surface area contributed by atoms with E-state index in [0.717, 1.165) is 20.6 Å². The van der Waals surface area contributed by atoms with Crippen molar-refractivity contribution < 1.29 is 22.7 Å². The first-order valence-corrected chi connectivity index (χ1v) is 13.2. The van der Waals surface area contributed by atoms with E-state index in [1.807, 2.05) is 13.0 Å². The Hall–Kier alpha value is -2.59. The third-order valence-electron chi connectivity index (χ3n) is 5.02. The van der Waals surface area contributed by atoms with Gasteiger partial charge in [-0.2, -0.15) is 0 Å². The number of rotatable bonds is 11. The predicted molar refractivity (Wildman–Crippen MR) is 133 cm³/mol. The maximum Gasteiger partial charge on any atom is 0.244 e. The van der Waals surface area contributed by atoms with Gasteiger partial charge in [-0.25, -0.2) is 8.42 Å². The molecule has 0 fully saturated rings. The number of halogens is 1. The SMILES string of the molecule is CCNC(=O)[C@@H](CC)N(Cc1cccc(OC)c1)C(=O)CN(c1ccc(Br)cc1)S(C)(=O)=O. The van der Waals surface area contributed by atoms with Crippen LogP contribution in [0.1, 0.15) is 25.8 Å². The molecule has 0 aliphatic heterocycles. The zero-order chi connectivity index (χ0) is 24.6. The lowest BCUT2D eigenvalue weighted by atomic mass is 10.1. The van der Waals surface area contributed by atoms with Crippen LogP contribution in [0.15, 0.2) is 53.0 Å². The van der Waals surface area contributed by atoms with Gasteiger partial charge >= 0.3 is 0 Å². The molecule has 2 aromatic carbocycles. The minimum atomic E-state index is -3.76. The van der Waals surface area contributed by atoms with Gasteiger partial charge in [-0.05, 0) is 55.3 Å². The Morgan fingerprint density at radius 2 is 1.79 bits per heavy atom. The van der Waals surface area contributed by atoms with E-state index in [2.05, 4.69) is 21.2 Å². The minimum absolute atomic E-state index is 0.129. The van der Waals surface area contributed by atoms with Crippen LogP contribution in [0.5, 0.6) is 5.75 Å². The summed E-state index contributed by atoms with van der Waals surface area (Å²) in [5.41, 5.74) is 1.13. The Bertz CT molecular complexity index is 1060. The number of anilines is 1. The van der Waals surface area contributed by atoms with Crippen molar-refractivity contribution in [3.05, 3.63) is 58.6 Å². The van der Waals surface area contributed by atoms with Crippen molar-refractivity contribution in [2.24, 2.45) is 0 Å². The highest BCUT2D eigenvalue weighted by Crippen LogP contribution is 2.22. The number of carbonyl (C=O) groups is 2. The van der Waals surface area contributed by atoms with Crippen molar-refractivity contribution >= 4 is 43.5 Å². The molecular weight excluding hydrogens is 510 g/mol. The minimum Gasteiger partial charge on any atom is -0.497 e. The first-order valence-electron chi connectivity index (χ1n) is 10.5. The van der Waals surface area contributed by atoms with Crippen LogP contribution in [0.2, 0.25) is 0 Å². The Kier molecular flexibility index (Phi) is 9.72. The van der Waals surface area contributed by atoms with Crippen molar-refractivity contribution in [3.8, 4) is 5.75 Å². The number of sulfonamides is 1. The fourth-order valence-electron chi connectivity index (χ4n) is 3.40. The first-order chi connectivity index (χ1) is 15.6. The molecule has 0 saturated heterocycles. The molecule has 1 atom stereocenters. The summed E-state index contributed by atoms with van der Waals surface area (Å²) in [7, 11) is -2.21. The number of nitrogens with one attached hydrogen (secondary N) is 1. The third kappa shape index (κ3) is 7.46. The van der Waals surface area contributed by atoms with Crippen molar-refractivity contribution in [2.45, 2.75) is 32.9 Å². The fraction of sp³-hybridized carbons (Fsp3) is 0.391. The molecule has 0 spiro atoms. The highest BCUT2D eigenvalue weighted by molar-refractivity contribution is 9.10. The lowest BCUT2D eigenvalue weighted by Gasteiger charge is -2.32. The molecule has 0 radical (unpaired) electrons. The van der Waals surface area contributed by atoms with Crippen molar-refractivity contribution in [3.63, 3.8) is 0 Å². The maximum absolute atomic E-state index is 13.5. The summed E-state index contributed by atoms with van der Waals surface area (Å²) in [5, 5.41) is 2.77. The van der Waals surface area contributed by atoms with Gasteiger partial charge in [0.15, 0.2) is 0 Å². The third-order valence-corrected chi connectivity index (χ3v) is 6.69. The van der Waals surface area contributed by atoms with Crippen LogP contribution >= 0.6 is 15.9 Å². The Balaban J connectivity index is 2.43. The van der Waals surface area contributed by atoms with Crippen LogP contribution in [-0.4, -0.2) is 57.6 Å². The average molecular weight is 540 g/mol. The quantitative estimate of drug-likeness (QED) is 0.473. The number of likely N-dealkylation sites (N-methyl/N-ethyl adjacent to an activating group) is 1. The van der Waals surface area contributed by atoms with Gasteiger partial charge in [-0.1, -0.05) is 35.0 Å². The van der Waals surface area contributed by atoms with Crippen LogP contribution in [0.3, 0.4) is 0 Å². The molecule has 0 unspecified atom stereocenters. The van der Waals surface area contributed by atoms with E-state index < -0.39 is 28.5 Å². The summed E-state index contributed by atoms with van der Waals surface area (Å²) in [6.45, 7) is 3.74. The standard InChI is InChI=1S/C23H30BrN3O5S/c1-5-21(23(29)25-6-2)26(15-17-8-7-9-20(14-17)32-3)22(28)16-27(33(4,30)31)19-12-10-18(24)11-13-19/h7-14,21H,5-6,15-16H2,1-4H3,(H,25,29)/t21-/m1/s1. The Morgan fingerprint density at radius 3 is 2.33 bits per heavy atom. The van der Waals surface area contributed by atoms with E-state index in [-0.39, 0.29) is 12.5 Å². The molecule has 0 saturated carbocycles. The Morgan fingerprint density at radius 1 is 1.12 bits per heavy atom. The van der Waals surface area contributed by atoms with Crippen LogP contribution in [0.25, 0.3) is 0 Å². The molecule has 2 aromatic rings. The van der Waals surface area contributed by atoms with E-state index in [1.165, 1.54) is 4.90 Å². The van der Waals surface area contributed by atoms with Crippen LogP contribution in [0, 0.1) is 0 Å². The molecule has 0 aliphatic carbocycles. The second-order valence-corrected chi connectivity index (χ2v) is 10.3. The molecule has 0 aliphatic rings. The van der Waals surface area contributed by atoms with Gasteiger partial charge in [0.2, 0.25) is 21.8 Å². The fourth-order valence-corrected chi connectivity index (χ4v) is 4.51. The number of amides is 2. The number of methoxy groups -OCH3 is 1. The van der Waals surface area contributed by atoms with Crippen LogP contribution < -0.4 is 14.4 Å². The number of carbonyl (C=O) groups excluding carboxylic acids is 2. The van der Waals surface area contributed by atoms with Gasteiger partial charge in [0.25, 0.3) is 0 Å². The lowest BCUT2D eigenvalue weighted by molar-refractivity contribution is -0.140.